The molecule has 2 fully saturated rings. The van der Waals surface area contributed by atoms with E-state index in [1.165, 1.54) is 6.42 Å². The molecule has 3 unspecified atom stereocenters. The van der Waals surface area contributed by atoms with E-state index in [9.17, 15) is 4.79 Å². The van der Waals surface area contributed by atoms with Gasteiger partial charge in [0.2, 0.25) is 5.91 Å². The number of nitrogens with one attached hydrogen (secondary N) is 1. The van der Waals surface area contributed by atoms with Gasteiger partial charge in [0.15, 0.2) is 0 Å². The number of morpholine rings is 1. The molecule has 2 aliphatic rings. The van der Waals surface area contributed by atoms with Gasteiger partial charge in [-0.1, -0.05) is 19.1 Å². The van der Waals surface area contributed by atoms with Gasteiger partial charge in [-0.15, -0.1) is 0 Å². The van der Waals surface area contributed by atoms with Crippen molar-refractivity contribution in [2.45, 2.75) is 25.3 Å². The molecule has 0 radical (unpaired) electrons. The van der Waals surface area contributed by atoms with Gasteiger partial charge in [-0.25, -0.2) is 0 Å². The molecule has 30 heavy (non-hydrogen) atoms. The fourth-order valence-corrected chi connectivity index (χ4v) is 3.96. The molecule has 1 aromatic carbocycles. The number of nitrogens with zero attached hydrogens (tertiary/aromatic N) is 1. The Balaban J connectivity index is 1.37. The highest BCUT2D eigenvalue weighted by Crippen LogP contribution is 2.47. The molecular weight excluding hydrogens is 380 g/mol. The van der Waals surface area contributed by atoms with Gasteiger partial charge in [0.1, 0.15) is 17.3 Å². The Kier molecular flexibility index (Phi) is 6.55. The summed E-state index contributed by atoms with van der Waals surface area (Å²) in [7, 11) is 1.66. The molecule has 1 saturated heterocycles. The number of hydrogen-bond donors (Lipinski definition) is 1. The minimum absolute atomic E-state index is 0.0868. The first-order valence-corrected chi connectivity index (χ1v) is 10.7. The molecule has 6 heteroatoms. The lowest BCUT2D eigenvalue weighted by atomic mass is 10.0. The molecule has 0 spiro atoms. The van der Waals surface area contributed by atoms with E-state index in [0.717, 1.165) is 35.9 Å². The average molecular weight is 411 g/mol. The largest absolute Gasteiger partial charge is 0.497 e. The van der Waals surface area contributed by atoms with Crippen LogP contribution in [0.15, 0.2) is 46.9 Å². The van der Waals surface area contributed by atoms with Gasteiger partial charge >= 0.3 is 0 Å². The number of amides is 1. The predicted octanol–water partition coefficient (Wildman–Crippen LogP) is 3.61. The molecule has 3 atom stereocenters. The standard InChI is InChI=1S/C24H30N2O4/c1-17-15-21(17)23-9-7-20(30-23)8-10-24(27)25-16-22(26-11-13-29-14-12-26)18-3-5-19(28-2)6-4-18/h3-10,17,21-22H,11-16H2,1-2H3,(H,25,27). The maximum Gasteiger partial charge on any atom is 0.244 e. The van der Waals surface area contributed by atoms with Crippen molar-refractivity contribution in [2.24, 2.45) is 5.92 Å². The van der Waals surface area contributed by atoms with Crippen molar-refractivity contribution < 1.29 is 18.7 Å². The maximum atomic E-state index is 12.4. The van der Waals surface area contributed by atoms with Crippen molar-refractivity contribution in [3.8, 4) is 5.75 Å². The van der Waals surface area contributed by atoms with Crippen LogP contribution in [0, 0.1) is 5.92 Å². The Morgan fingerprint density at radius 2 is 1.97 bits per heavy atom. The first kappa shape index (κ1) is 20.7. The molecule has 2 aromatic rings. The Morgan fingerprint density at radius 1 is 1.23 bits per heavy atom. The average Bonchev–Trinajstić information content (AvgIpc) is 3.32. The highest BCUT2D eigenvalue weighted by Gasteiger charge is 2.36. The van der Waals surface area contributed by atoms with Crippen LogP contribution in [0.3, 0.4) is 0 Å². The van der Waals surface area contributed by atoms with Crippen molar-refractivity contribution in [2.75, 3.05) is 40.0 Å². The third-order valence-corrected chi connectivity index (χ3v) is 5.98. The minimum Gasteiger partial charge on any atom is -0.497 e. The van der Waals surface area contributed by atoms with Gasteiger partial charge in [-0.3, -0.25) is 9.69 Å². The molecule has 6 nitrogen and oxygen atoms in total. The second kappa shape index (κ2) is 9.49. The van der Waals surface area contributed by atoms with Gasteiger partial charge in [0, 0.05) is 31.6 Å². The highest BCUT2D eigenvalue weighted by atomic mass is 16.5. The molecule has 4 rings (SSSR count). The molecule has 1 saturated carbocycles. The molecule has 160 valence electrons. The molecule has 1 aliphatic carbocycles. The summed E-state index contributed by atoms with van der Waals surface area (Å²) in [6, 6.07) is 12.1. The molecule has 1 amide bonds. The number of hydrogen-bond acceptors (Lipinski definition) is 5. The van der Waals surface area contributed by atoms with Crippen LogP contribution in [0.4, 0.5) is 0 Å². The summed E-state index contributed by atoms with van der Waals surface area (Å²) in [5.74, 6) is 3.68. The number of methoxy groups -OCH3 is 1. The molecular formula is C24H30N2O4. The number of rotatable bonds is 8. The normalized spacial score (nSPS) is 22.7. The van der Waals surface area contributed by atoms with E-state index in [-0.39, 0.29) is 11.9 Å². The van der Waals surface area contributed by atoms with E-state index in [0.29, 0.717) is 31.6 Å². The van der Waals surface area contributed by atoms with E-state index >= 15 is 0 Å². The van der Waals surface area contributed by atoms with Crippen molar-refractivity contribution >= 4 is 12.0 Å². The summed E-state index contributed by atoms with van der Waals surface area (Å²) in [5, 5.41) is 3.05. The van der Waals surface area contributed by atoms with Crippen LogP contribution in [0.1, 0.15) is 42.4 Å². The van der Waals surface area contributed by atoms with Gasteiger partial charge in [-0.05, 0) is 48.2 Å². The van der Waals surface area contributed by atoms with Crippen LogP contribution in [-0.2, 0) is 9.53 Å². The number of ether oxygens (including phenoxy) is 2. The number of carbonyl (C=O) groups excluding carboxylic acids is 1. The fourth-order valence-electron chi connectivity index (χ4n) is 3.96. The quantitative estimate of drug-likeness (QED) is 0.674. The summed E-state index contributed by atoms with van der Waals surface area (Å²) in [5.41, 5.74) is 1.15. The summed E-state index contributed by atoms with van der Waals surface area (Å²) in [4.78, 5) is 14.8. The van der Waals surface area contributed by atoms with Gasteiger partial charge < -0.3 is 19.2 Å². The van der Waals surface area contributed by atoms with Gasteiger partial charge in [0.25, 0.3) is 0 Å². The third-order valence-electron chi connectivity index (χ3n) is 5.98. The van der Waals surface area contributed by atoms with Crippen LogP contribution >= 0.6 is 0 Å². The summed E-state index contributed by atoms with van der Waals surface area (Å²) in [6.07, 6.45) is 4.47. The van der Waals surface area contributed by atoms with Crippen molar-refractivity contribution in [3.63, 3.8) is 0 Å². The number of carbonyl (C=O) groups is 1. The van der Waals surface area contributed by atoms with Gasteiger partial charge in [-0.2, -0.15) is 0 Å². The second-order valence-electron chi connectivity index (χ2n) is 8.08. The molecule has 2 heterocycles. The summed E-state index contributed by atoms with van der Waals surface area (Å²) < 4.78 is 16.6. The second-order valence-corrected chi connectivity index (χ2v) is 8.08. The zero-order valence-electron chi connectivity index (χ0n) is 17.7. The summed E-state index contributed by atoms with van der Waals surface area (Å²) in [6.45, 7) is 5.86. The zero-order chi connectivity index (χ0) is 20.9. The predicted molar refractivity (Wildman–Crippen MR) is 115 cm³/mol. The van der Waals surface area contributed by atoms with E-state index < -0.39 is 0 Å². The topological polar surface area (TPSA) is 63.9 Å². The van der Waals surface area contributed by atoms with Crippen LogP contribution in [0.25, 0.3) is 6.08 Å². The van der Waals surface area contributed by atoms with Crippen molar-refractivity contribution in [3.05, 3.63) is 59.6 Å². The smallest absolute Gasteiger partial charge is 0.244 e. The zero-order valence-corrected chi connectivity index (χ0v) is 17.7. The van der Waals surface area contributed by atoms with Crippen LogP contribution in [0.2, 0.25) is 0 Å². The Hall–Kier alpha value is -2.57. The Morgan fingerprint density at radius 3 is 2.63 bits per heavy atom. The van der Waals surface area contributed by atoms with E-state index in [2.05, 4.69) is 29.3 Å². The maximum absolute atomic E-state index is 12.4. The van der Waals surface area contributed by atoms with Crippen LogP contribution < -0.4 is 10.1 Å². The Bertz CT molecular complexity index is 868. The monoisotopic (exact) mass is 410 g/mol. The molecule has 1 aromatic heterocycles. The lowest BCUT2D eigenvalue weighted by Crippen LogP contribution is -2.43. The fraction of sp³-hybridized carbons (Fsp3) is 0.458. The minimum atomic E-state index is -0.125. The van der Waals surface area contributed by atoms with Crippen molar-refractivity contribution in [1.82, 2.24) is 10.2 Å². The van der Waals surface area contributed by atoms with E-state index in [4.69, 9.17) is 13.9 Å². The SMILES string of the molecule is COc1ccc(C(CNC(=O)C=Cc2ccc(C3CC3C)o2)N2CCOCC2)cc1. The van der Waals surface area contributed by atoms with Crippen LogP contribution in [0.5, 0.6) is 5.75 Å². The Labute approximate surface area is 177 Å². The highest BCUT2D eigenvalue weighted by molar-refractivity contribution is 5.91. The van der Waals surface area contributed by atoms with E-state index in [1.807, 2.05) is 24.3 Å². The number of benzene rings is 1. The third kappa shape index (κ3) is 5.12. The molecule has 0 bridgehead atoms. The first-order valence-electron chi connectivity index (χ1n) is 10.7. The first-order chi connectivity index (χ1) is 14.6. The lowest BCUT2D eigenvalue weighted by Gasteiger charge is -2.34. The van der Waals surface area contributed by atoms with E-state index in [1.54, 1.807) is 19.3 Å². The summed E-state index contributed by atoms with van der Waals surface area (Å²) >= 11 is 0. The van der Waals surface area contributed by atoms with Gasteiger partial charge in [0.05, 0.1) is 26.4 Å². The molecule has 1 N–H and O–H groups in total. The lowest BCUT2D eigenvalue weighted by molar-refractivity contribution is -0.116. The number of furan rings is 1. The molecule has 1 aliphatic heterocycles. The van der Waals surface area contributed by atoms with Crippen molar-refractivity contribution in [1.29, 1.82) is 0 Å². The van der Waals surface area contributed by atoms with Crippen LogP contribution in [-0.4, -0.2) is 50.8 Å².